The number of hydrogen-bond donors (Lipinski definition) is 0. The van der Waals surface area contributed by atoms with Crippen molar-refractivity contribution in [1.29, 1.82) is 0 Å². The molecule has 0 fully saturated rings. The monoisotopic (exact) mass is 293 g/mol. The zero-order chi connectivity index (χ0) is 14.0. The predicted molar refractivity (Wildman–Crippen MR) is 79.2 cm³/mol. The highest BCUT2D eigenvalue weighted by atomic mass is 32.2. The number of ether oxygens (including phenoxy) is 2. The zero-order valence-electron chi connectivity index (χ0n) is 11.6. The van der Waals surface area contributed by atoms with Gasteiger partial charge < -0.3 is 14.0 Å². The smallest absolute Gasteiger partial charge is 0.191 e. The molecule has 0 N–H and O–H groups in total. The minimum atomic E-state index is 0.652. The molecule has 2 rings (SSSR count). The van der Waals surface area contributed by atoms with Crippen LogP contribution in [0.4, 0.5) is 0 Å². The lowest BCUT2D eigenvalue weighted by atomic mass is 10.3. The van der Waals surface area contributed by atoms with Crippen LogP contribution in [0.1, 0.15) is 6.42 Å². The topological polar surface area (TPSA) is 49.2 Å². The van der Waals surface area contributed by atoms with Crippen LogP contribution in [-0.4, -0.2) is 40.8 Å². The lowest BCUT2D eigenvalue weighted by molar-refractivity contribution is 0.189. The molecule has 1 aromatic heterocycles. The van der Waals surface area contributed by atoms with Gasteiger partial charge in [0.15, 0.2) is 5.16 Å². The third kappa shape index (κ3) is 4.86. The first-order valence-corrected chi connectivity index (χ1v) is 7.56. The Bertz CT molecular complexity index is 490. The number of methoxy groups -OCH3 is 1. The van der Waals surface area contributed by atoms with Crippen LogP contribution in [0, 0.1) is 0 Å². The van der Waals surface area contributed by atoms with Crippen LogP contribution < -0.4 is 4.74 Å². The van der Waals surface area contributed by atoms with Gasteiger partial charge in [-0.2, -0.15) is 0 Å². The molecule has 2 aromatic rings. The van der Waals surface area contributed by atoms with Crippen molar-refractivity contribution in [3.05, 3.63) is 36.7 Å². The molecular weight excluding hydrogens is 274 g/mol. The summed E-state index contributed by atoms with van der Waals surface area (Å²) in [5, 5.41) is 9.00. The molecular formula is C14H19N3O2S. The Hall–Kier alpha value is -1.53. The Balaban J connectivity index is 1.70. The van der Waals surface area contributed by atoms with E-state index in [9.17, 15) is 0 Å². The Labute approximate surface area is 123 Å². The van der Waals surface area contributed by atoms with Crippen LogP contribution in [0.3, 0.4) is 0 Å². The normalized spacial score (nSPS) is 10.7. The lowest BCUT2D eigenvalue weighted by Gasteiger charge is -2.07. The summed E-state index contributed by atoms with van der Waals surface area (Å²) in [7, 11) is 1.71. The van der Waals surface area contributed by atoms with Gasteiger partial charge in [-0.15, -0.1) is 10.2 Å². The van der Waals surface area contributed by atoms with Crippen LogP contribution in [0.15, 0.2) is 41.8 Å². The van der Waals surface area contributed by atoms with E-state index in [1.165, 1.54) is 0 Å². The molecule has 0 amide bonds. The summed E-state index contributed by atoms with van der Waals surface area (Å²) in [6.45, 7) is 2.28. The van der Waals surface area contributed by atoms with Crippen LogP contribution in [0.2, 0.25) is 0 Å². The highest BCUT2D eigenvalue weighted by molar-refractivity contribution is 7.99. The lowest BCUT2D eigenvalue weighted by Crippen LogP contribution is -2.04. The maximum atomic E-state index is 5.64. The SMILES string of the molecule is COCCCn1cnnc1SCCOc1ccccc1. The van der Waals surface area contributed by atoms with Crippen LogP contribution in [0.5, 0.6) is 5.75 Å². The summed E-state index contributed by atoms with van der Waals surface area (Å²) in [6, 6.07) is 9.82. The molecule has 0 unspecified atom stereocenters. The minimum absolute atomic E-state index is 0.652. The molecule has 6 heteroatoms. The van der Waals surface area contributed by atoms with Gasteiger partial charge in [0.2, 0.25) is 0 Å². The first-order valence-electron chi connectivity index (χ1n) is 6.57. The first-order chi connectivity index (χ1) is 9.90. The van der Waals surface area contributed by atoms with E-state index in [1.807, 2.05) is 34.9 Å². The van der Waals surface area contributed by atoms with E-state index in [1.54, 1.807) is 25.2 Å². The summed E-state index contributed by atoms with van der Waals surface area (Å²) in [5.41, 5.74) is 0. The molecule has 0 spiro atoms. The van der Waals surface area contributed by atoms with Crippen molar-refractivity contribution in [1.82, 2.24) is 14.8 Å². The van der Waals surface area contributed by atoms with Crippen molar-refractivity contribution in [3.63, 3.8) is 0 Å². The molecule has 0 aliphatic carbocycles. The second-order valence-corrected chi connectivity index (χ2v) is 5.23. The largest absolute Gasteiger partial charge is 0.493 e. The van der Waals surface area contributed by atoms with E-state index in [4.69, 9.17) is 9.47 Å². The summed E-state index contributed by atoms with van der Waals surface area (Å²) < 4.78 is 12.7. The van der Waals surface area contributed by atoms with Crippen molar-refractivity contribution in [2.24, 2.45) is 0 Å². The maximum absolute atomic E-state index is 5.64. The highest BCUT2D eigenvalue weighted by Gasteiger charge is 2.04. The minimum Gasteiger partial charge on any atom is -0.493 e. The van der Waals surface area contributed by atoms with Gasteiger partial charge in [0, 0.05) is 26.0 Å². The van der Waals surface area contributed by atoms with Crippen LogP contribution >= 0.6 is 11.8 Å². The first kappa shape index (κ1) is 14.9. The standard InChI is InChI=1S/C14H19N3O2S/c1-18-9-5-8-17-12-15-16-14(17)20-11-10-19-13-6-3-2-4-7-13/h2-4,6-7,12H,5,8-11H2,1H3. The quantitative estimate of drug-likeness (QED) is 0.525. The number of benzene rings is 1. The van der Waals surface area contributed by atoms with Crippen LogP contribution in [-0.2, 0) is 11.3 Å². The van der Waals surface area contributed by atoms with Gasteiger partial charge >= 0.3 is 0 Å². The van der Waals surface area contributed by atoms with Gasteiger partial charge in [-0.1, -0.05) is 30.0 Å². The molecule has 1 heterocycles. The summed E-state index contributed by atoms with van der Waals surface area (Å²) in [5.74, 6) is 1.74. The average molecular weight is 293 g/mol. The Morgan fingerprint density at radius 2 is 2.05 bits per heavy atom. The van der Waals surface area contributed by atoms with Gasteiger partial charge in [-0.25, -0.2) is 0 Å². The number of aryl methyl sites for hydroxylation is 1. The van der Waals surface area contributed by atoms with E-state index in [0.29, 0.717) is 6.61 Å². The molecule has 0 saturated heterocycles. The van der Waals surface area contributed by atoms with E-state index >= 15 is 0 Å². The molecule has 0 aliphatic rings. The number of aromatic nitrogens is 3. The predicted octanol–water partition coefficient (Wildman–Crippen LogP) is 2.49. The number of thioether (sulfide) groups is 1. The molecule has 0 atom stereocenters. The van der Waals surface area contributed by atoms with E-state index in [-0.39, 0.29) is 0 Å². The van der Waals surface area contributed by atoms with Gasteiger partial charge in [0.1, 0.15) is 12.1 Å². The summed E-state index contributed by atoms with van der Waals surface area (Å²) in [6.07, 6.45) is 2.72. The Morgan fingerprint density at radius 1 is 1.20 bits per heavy atom. The molecule has 20 heavy (non-hydrogen) atoms. The van der Waals surface area contributed by atoms with E-state index in [0.717, 1.165) is 36.2 Å². The van der Waals surface area contributed by atoms with E-state index in [2.05, 4.69) is 10.2 Å². The summed E-state index contributed by atoms with van der Waals surface area (Å²) in [4.78, 5) is 0. The van der Waals surface area contributed by atoms with Crippen molar-refractivity contribution in [2.45, 2.75) is 18.1 Å². The molecule has 108 valence electrons. The van der Waals surface area contributed by atoms with Crippen LogP contribution in [0.25, 0.3) is 0 Å². The highest BCUT2D eigenvalue weighted by Crippen LogP contribution is 2.16. The Morgan fingerprint density at radius 3 is 2.85 bits per heavy atom. The molecule has 0 bridgehead atoms. The van der Waals surface area contributed by atoms with Crippen molar-refractivity contribution in [2.75, 3.05) is 26.1 Å². The third-order valence-electron chi connectivity index (χ3n) is 2.65. The molecule has 0 saturated carbocycles. The molecule has 1 aromatic carbocycles. The molecule has 5 nitrogen and oxygen atoms in total. The van der Waals surface area contributed by atoms with Gasteiger partial charge in [-0.3, -0.25) is 0 Å². The van der Waals surface area contributed by atoms with Gasteiger partial charge in [-0.05, 0) is 18.6 Å². The van der Waals surface area contributed by atoms with E-state index < -0.39 is 0 Å². The zero-order valence-corrected chi connectivity index (χ0v) is 12.4. The number of para-hydroxylation sites is 1. The fourth-order valence-electron chi connectivity index (χ4n) is 1.70. The van der Waals surface area contributed by atoms with Crippen molar-refractivity contribution >= 4 is 11.8 Å². The van der Waals surface area contributed by atoms with Gasteiger partial charge in [0.05, 0.1) is 6.61 Å². The molecule has 0 aliphatic heterocycles. The number of rotatable bonds is 9. The summed E-state index contributed by atoms with van der Waals surface area (Å²) >= 11 is 1.65. The third-order valence-corrected chi connectivity index (χ3v) is 3.60. The van der Waals surface area contributed by atoms with Gasteiger partial charge in [0.25, 0.3) is 0 Å². The molecule has 0 radical (unpaired) electrons. The fourth-order valence-corrected chi connectivity index (χ4v) is 2.46. The second kappa shape index (κ2) is 8.60. The maximum Gasteiger partial charge on any atom is 0.191 e. The second-order valence-electron chi connectivity index (χ2n) is 4.16. The van der Waals surface area contributed by atoms with Crippen molar-refractivity contribution < 1.29 is 9.47 Å². The number of nitrogens with zero attached hydrogens (tertiary/aromatic N) is 3. The van der Waals surface area contributed by atoms with Crippen molar-refractivity contribution in [3.8, 4) is 5.75 Å². The fraction of sp³-hybridized carbons (Fsp3) is 0.429. The average Bonchev–Trinajstić information content (AvgIpc) is 2.93. The Kier molecular flexibility index (Phi) is 6.40. The number of hydrogen-bond acceptors (Lipinski definition) is 5.